The number of benzene rings is 1. The fraction of sp³-hybridized carbons (Fsp3) is 0.125. The van der Waals surface area contributed by atoms with Crippen LogP contribution in [0.3, 0.4) is 0 Å². The van der Waals surface area contributed by atoms with Crippen LogP contribution in [0, 0.1) is 5.82 Å². The van der Waals surface area contributed by atoms with Gasteiger partial charge in [-0.1, -0.05) is 12.1 Å². The quantitative estimate of drug-likeness (QED) is 0.506. The lowest BCUT2D eigenvalue weighted by atomic mass is 10.1. The van der Waals surface area contributed by atoms with E-state index in [0.717, 1.165) is 5.56 Å². The van der Waals surface area contributed by atoms with Gasteiger partial charge in [0.15, 0.2) is 0 Å². The number of nitrogens with zero attached hydrogens (tertiary/aromatic N) is 1. The van der Waals surface area contributed by atoms with E-state index in [1.807, 2.05) is 6.92 Å². The number of aliphatic hydroxyl groups excluding tert-OH is 1. The lowest BCUT2D eigenvalue weighted by molar-refractivity contribution is -0.146. The number of aromatic nitrogens is 1. The molecule has 0 aliphatic rings. The number of carboxylic acid groups (broad SMARTS) is 1. The first kappa shape index (κ1) is 15.5. The van der Waals surface area contributed by atoms with Gasteiger partial charge in [-0.05, 0) is 36.8 Å². The SMILES string of the molecule is CC(c1ccc(F)cc1)n1cccc1C(O)=CC(=O)C(=O)O. The number of hydrogen-bond donors (Lipinski definition) is 2. The fourth-order valence-corrected chi connectivity index (χ4v) is 2.11. The normalized spacial score (nSPS) is 12.9. The Bertz CT molecular complexity index is 731. The second-order valence-electron chi connectivity index (χ2n) is 4.73. The minimum absolute atomic E-state index is 0.235. The molecule has 2 rings (SSSR count). The van der Waals surface area contributed by atoms with Gasteiger partial charge in [-0.15, -0.1) is 0 Å². The maximum atomic E-state index is 13.0. The average Bonchev–Trinajstić information content (AvgIpc) is 2.96. The molecule has 2 aromatic rings. The minimum atomic E-state index is -1.64. The van der Waals surface area contributed by atoms with E-state index in [-0.39, 0.29) is 11.9 Å². The highest BCUT2D eigenvalue weighted by Gasteiger charge is 2.16. The molecule has 1 unspecified atom stereocenters. The van der Waals surface area contributed by atoms with Gasteiger partial charge in [0.25, 0.3) is 5.78 Å². The van der Waals surface area contributed by atoms with Crippen molar-refractivity contribution in [2.24, 2.45) is 0 Å². The van der Waals surface area contributed by atoms with Gasteiger partial charge in [-0.25, -0.2) is 9.18 Å². The van der Waals surface area contributed by atoms with Gasteiger partial charge in [0.05, 0.1) is 11.7 Å². The van der Waals surface area contributed by atoms with Crippen molar-refractivity contribution in [2.45, 2.75) is 13.0 Å². The van der Waals surface area contributed by atoms with Crippen LogP contribution < -0.4 is 0 Å². The molecular formula is C16H14FNO4. The van der Waals surface area contributed by atoms with Crippen molar-refractivity contribution in [1.29, 1.82) is 0 Å². The van der Waals surface area contributed by atoms with Crippen LogP contribution in [0.2, 0.25) is 0 Å². The molecule has 1 aromatic carbocycles. The second kappa shape index (κ2) is 6.26. The molecule has 0 spiro atoms. The molecule has 114 valence electrons. The fourth-order valence-electron chi connectivity index (χ4n) is 2.11. The highest BCUT2D eigenvalue weighted by atomic mass is 19.1. The molecule has 0 fully saturated rings. The lowest BCUT2D eigenvalue weighted by Crippen LogP contribution is -2.12. The van der Waals surface area contributed by atoms with Crippen LogP contribution in [0.5, 0.6) is 0 Å². The maximum absolute atomic E-state index is 13.0. The van der Waals surface area contributed by atoms with Crippen LogP contribution in [-0.4, -0.2) is 26.5 Å². The van der Waals surface area contributed by atoms with Crippen molar-refractivity contribution >= 4 is 17.5 Å². The van der Waals surface area contributed by atoms with E-state index in [0.29, 0.717) is 11.8 Å². The molecule has 1 heterocycles. The maximum Gasteiger partial charge on any atom is 0.376 e. The van der Waals surface area contributed by atoms with Gasteiger partial charge in [0.1, 0.15) is 11.6 Å². The predicted molar refractivity (Wildman–Crippen MR) is 77.9 cm³/mol. The Morgan fingerprint density at radius 3 is 2.41 bits per heavy atom. The molecular weight excluding hydrogens is 289 g/mol. The summed E-state index contributed by atoms with van der Waals surface area (Å²) < 4.78 is 14.6. The van der Waals surface area contributed by atoms with Crippen molar-refractivity contribution in [1.82, 2.24) is 4.57 Å². The standard InChI is InChI=1S/C16H14FNO4/c1-10(11-4-6-12(17)7-5-11)18-8-2-3-13(18)14(19)9-15(20)16(21)22/h2-10,19H,1H3,(H,21,22). The first-order valence-electron chi connectivity index (χ1n) is 6.50. The summed E-state index contributed by atoms with van der Waals surface area (Å²) in [6, 6.07) is 8.88. The summed E-state index contributed by atoms with van der Waals surface area (Å²) in [4.78, 5) is 21.7. The van der Waals surface area contributed by atoms with E-state index in [9.17, 15) is 19.1 Å². The topological polar surface area (TPSA) is 79.5 Å². The summed E-state index contributed by atoms with van der Waals surface area (Å²) in [5.41, 5.74) is 1.10. The van der Waals surface area contributed by atoms with Gasteiger partial charge in [0, 0.05) is 12.3 Å². The van der Waals surface area contributed by atoms with E-state index in [2.05, 4.69) is 0 Å². The Balaban J connectivity index is 2.35. The van der Waals surface area contributed by atoms with Crippen LogP contribution >= 0.6 is 0 Å². The van der Waals surface area contributed by atoms with Crippen molar-refractivity contribution in [3.8, 4) is 0 Å². The number of carbonyl (C=O) groups excluding carboxylic acids is 1. The van der Waals surface area contributed by atoms with Crippen LogP contribution in [0.25, 0.3) is 5.76 Å². The van der Waals surface area contributed by atoms with Crippen molar-refractivity contribution in [3.05, 3.63) is 65.7 Å². The number of aliphatic carboxylic acids is 1. The van der Waals surface area contributed by atoms with Crippen molar-refractivity contribution < 1.29 is 24.2 Å². The summed E-state index contributed by atoms with van der Waals surface area (Å²) in [6.45, 7) is 1.84. The largest absolute Gasteiger partial charge is 0.506 e. The predicted octanol–water partition coefficient (Wildman–Crippen LogP) is 2.79. The molecule has 22 heavy (non-hydrogen) atoms. The highest BCUT2D eigenvalue weighted by Crippen LogP contribution is 2.23. The third-order valence-electron chi connectivity index (χ3n) is 3.29. The zero-order valence-corrected chi connectivity index (χ0v) is 11.7. The number of ketones is 1. The summed E-state index contributed by atoms with van der Waals surface area (Å²) >= 11 is 0. The molecule has 0 saturated heterocycles. The molecule has 0 amide bonds. The third-order valence-corrected chi connectivity index (χ3v) is 3.29. The molecule has 1 aromatic heterocycles. The van der Waals surface area contributed by atoms with Gasteiger partial charge in [-0.2, -0.15) is 0 Å². The van der Waals surface area contributed by atoms with E-state index < -0.39 is 17.5 Å². The molecule has 0 aliphatic carbocycles. The first-order valence-corrected chi connectivity index (χ1v) is 6.50. The summed E-state index contributed by atoms with van der Waals surface area (Å²) in [5.74, 6) is -3.64. The minimum Gasteiger partial charge on any atom is -0.506 e. The second-order valence-corrected chi connectivity index (χ2v) is 4.73. The zero-order chi connectivity index (χ0) is 16.3. The van der Waals surface area contributed by atoms with E-state index >= 15 is 0 Å². The Morgan fingerprint density at radius 2 is 1.82 bits per heavy atom. The number of carboxylic acids is 1. The molecule has 0 aliphatic heterocycles. The monoisotopic (exact) mass is 303 g/mol. The van der Waals surface area contributed by atoms with Crippen LogP contribution in [0.15, 0.2) is 48.7 Å². The number of halogens is 1. The molecule has 1 atom stereocenters. The molecule has 5 nitrogen and oxygen atoms in total. The Hall–Kier alpha value is -2.89. The van der Waals surface area contributed by atoms with E-state index in [1.165, 1.54) is 12.1 Å². The van der Waals surface area contributed by atoms with E-state index in [4.69, 9.17) is 5.11 Å². The molecule has 0 saturated carbocycles. The number of hydrogen-bond acceptors (Lipinski definition) is 3. The number of carbonyl (C=O) groups is 2. The van der Waals surface area contributed by atoms with Crippen molar-refractivity contribution in [3.63, 3.8) is 0 Å². The molecule has 2 N–H and O–H groups in total. The Kier molecular flexibility index (Phi) is 4.41. The summed E-state index contributed by atoms with van der Waals surface area (Å²) in [6.07, 6.45) is 2.34. The van der Waals surface area contributed by atoms with Crippen LogP contribution in [-0.2, 0) is 9.59 Å². The van der Waals surface area contributed by atoms with Gasteiger partial charge in [0.2, 0.25) is 0 Å². The summed E-state index contributed by atoms with van der Waals surface area (Å²) in [7, 11) is 0. The van der Waals surface area contributed by atoms with Gasteiger partial charge < -0.3 is 14.8 Å². The Labute approximate surface area is 125 Å². The number of aliphatic hydroxyl groups is 1. The third kappa shape index (κ3) is 3.22. The van der Waals surface area contributed by atoms with Crippen LogP contribution in [0.4, 0.5) is 4.39 Å². The highest BCUT2D eigenvalue weighted by molar-refractivity contribution is 6.38. The number of rotatable bonds is 5. The van der Waals surface area contributed by atoms with E-state index in [1.54, 1.807) is 35.0 Å². The van der Waals surface area contributed by atoms with Gasteiger partial charge in [-0.3, -0.25) is 4.79 Å². The van der Waals surface area contributed by atoms with Crippen molar-refractivity contribution in [2.75, 3.05) is 0 Å². The zero-order valence-electron chi connectivity index (χ0n) is 11.7. The molecule has 0 radical (unpaired) electrons. The molecule has 0 bridgehead atoms. The Morgan fingerprint density at radius 1 is 1.18 bits per heavy atom. The first-order chi connectivity index (χ1) is 10.4. The average molecular weight is 303 g/mol. The smallest absolute Gasteiger partial charge is 0.376 e. The van der Waals surface area contributed by atoms with Crippen LogP contribution in [0.1, 0.15) is 24.2 Å². The summed E-state index contributed by atoms with van der Waals surface area (Å²) in [5, 5.41) is 18.5. The van der Waals surface area contributed by atoms with Gasteiger partial charge >= 0.3 is 5.97 Å². The molecule has 6 heteroatoms. The lowest BCUT2D eigenvalue weighted by Gasteiger charge is -2.17.